The van der Waals surface area contributed by atoms with Crippen LogP contribution < -0.4 is 19.5 Å². The van der Waals surface area contributed by atoms with Crippen LogP contribution in [0, 0.1) is 18.3 Å². The van der Waals surface area contributed by atoms with Gasteiger partial charge in [-0.3, -0.25) is 4.79 Å². The van der Waals surface area contributed by atoms with E-state index in [1.54, 1.807) is 60.7 Å². The first-order valence-electron chi connectivity index (χ1n) is 12.3. The number of ether oxygens (including phenoxy) is 3. The molecular formula is C32H26Cl2N2O4. The molecule has 0 spiro atoms. The minimum atomic E-state index is -0.535. The van der Waals surface area contributed by atoms with E-state index in [0.717, 1.165) is 11.1 Å². The third-order valence-corrected chi connectivity index (χ3v) is 6.49. The van der Waals surface area contributed by atoms with Gasteiger partial charge in [0.2, 0.25) is 0 Å². The van der Waals surface area contributed by atoms with E-state index < -0.39 is 5.91 Å². The maximum absolute atomic E-state index is 12.8. The molecule has 8 heteroatoms. The molecule has 0 saturated carbocycles. The lowest BCUT2D eigenvalue weighted by Gasteiger charge is -2.12. The zero-order valence-electron chi connectivity index (χ0n) is 21.9. The number of hydrogen-bond donors (Lipinski definition) is 1. The average molecular weight is 573 g/mol. The molecule has 202 valence electrons. The first-order chi connectivity index (χ1) is 19.3. The summed E-state index contributed by atoms with van der Waals surface area (Å²) >= 11 is 12.2. The van der Waals surface area contributed by atoms with Crippen LogP contribution in [0.4, 0.5) is 5.69 Å². The first-order valence-corrected chi connectivity index (χ1v) is 13.1. The number of aryl methyl sites for hydroxylation is 1. The summed E-state index contributed by atoms with van der Waals surface area (Å²) in [4.78, 5) is 12.8. The molecular weight excluding hydrogens is 547 g/mol. The molecule has 0 saturated heterocycles. The van der Waals surface area contributed by atoms with Gasteiger partial charge in [0.1, 0.15) is 30.6 Å². The fourth-order valence-electron chi connectivity index (χ4n) is 3.69. The number of anilines is 1. The summed E-state index contributed by atoms with van der Waals surface area (Å²) in [5, 5.41) is 13.4. The first kappa shape index (κ1) is 28.6. The summed E-state index contributed by atoms with van der Waals surface area (Å²) in [5.74, 6) is 1.06. The van der Waals surface area contributed by atoms with Crippen molar-refractivity contribution in [3.05, 3.63) is 123 Å². The highest BCUT2D eigenvalue weighted by Gasteiger charge is 2.12. The molecule has 4 aromatic rings. The maximum atomic E-state index is 12.8. The lowest BCUT2D eigenvalue weighted by Crippen LogP contribution is -2.13. The molecule has 0 aromatic heterocycles. The van der Waals surface area contributed by atoms with Crippen molar-refractivity contribution >= 4 is 40.9 Å². The van der Waals surface area contributed by atoms with Gasteiger partial charge in [-0.15, -0.1) is 0 Å². The third kappa shape index (κ3) is 7.79. The highest BCUT2D eigenvalue weighted by molar-refractivity contribution is 6.35. The van der Waals surface area contributed by atoms with Crippen LogP contribution in [-0.2, 0) is 18.0 Å². The molecule has 40 heavy (non-hydrogen) atoms. The number of halogens is 2. The van der Waals surface area contributed by atoms with Crippen LogP contribution >= 0.6 is 23.2 Å². The fraction of sp³-hybridized carbons (Fsp3) is 0.125. The second-order valence-electron chi connectivity index (χ2n) is 8.86. The van der Waals surface area contributed by atoms with Crippen molar-refractivity contribution in [2.75, 3.05) is 12.4 Å². The Bertz CT molecular complexity index is 1560. The molecule has 1 N–H and O–H groups in total. The standard InChI is InChI=1S/C32H26Cl2N2O4/c1-21-3-5-22(6-4-21)19-39-28-12-10-27(11-13-28)36-32(37)25(18-35)15-23-7-14-30(31(16-23)38-2)40-20-24-8-9-26(33)17-29(24)34/h3-17H,19-20H2,1-2H3,(H,36,37)/b25-15+. The molecule has 0 aliphatic rings. The van der Waals surface area contributed by atoms with Crippen LogP contribution in [-0.4, -0.2) is 13.0 Å². The second kappa shape index (κ2) is 13.6. The number of amides is 1. The summed E-state index contributed by atoms with van der Waals surface area (Å²) in [6.07, 6.45) is 1.48. The number of nitriles is 1. The van der Waals surface area contributed by atoms with Gasteiger partial charge in [-0.05, 0) is 72.7 Å². The van der Waals surface area contributed by atoms with Gasteiger partial charge < -0.3 is 19.5 Å². The van der Waals surface area contributed by atoms with E-state index in [-0.39, 0.29) is 12.2 Å². The number of rotatable bonds is 10. The molecule has 0 aliphatic carbocycles. The quantitative estimate of drug-likeness (QED) is 0.154. The molecule has 0 unspecified atom stereocenters. The van der Waals surface area contributed by atoms with Crippen LogP contribution in [0.25, 0.3) is 6.08 Å². The van der Waals surface area contributed by atoms with E-state index in [1.807, 2.05) is 37.3 Å². The van der Waals surface area contributed by atoms with Gasteiger partial charge in [0.25, 0.3) is 5.91 Å². The topological polar surface area (TPSA) is 80.6 Å². The van der Waals surface area contributed by atoms with E-state index in [2.05, 4.69) is 5.32 Å². The van der Waals surface area contributed by atoms with Crippen molar-refractivity contribution in [1.82, 2.24) is 0 Å². The lowest BCUT2D eigenvalue weighted by atomic mass is 10.1. The van der Waals surface area contributed by atoms with Crippen LogP contribution in [0.15, 0.2) is 90.5 Å². The Morgan fingerprint density at radius 2 is 1.65 bits per heavy atom. The zero-order chi connectivity index (χ0) is 28.5. The van der Waals surface area contributed by atoms with Gasteiger partial charge in [-0.25, -0.2) is 0 Å². The van der Waals surface area contributed by atoms with E-state index >= 15 is 0 Å². The lowest BCUT2D eigenvalue weighted by molar-refractivity contribution is -0.112. The molecule has 1 amide bonds. The van der Waals surface area contributed by atoms with Crippen molar-refractivity contribution in [3.63, 3.8) is 0 Å². The molecule has 0 aliphatic heterocycles. The number of benzene rings is 4. The van der Waals surface area contributed by atoms with Crippen LogP contribution in [0.3, 0.4) is 0 Å². The summed E-state index contributed by atoms with van der Waals surface area (Å²) in [6, 6.07) is 27.3. The Kier molecular flexibility index (Phi) is 9.69. The van der Waals surface area contributed by atoms with Crippen molar-refractivity contribution < 1.29 is 19.0 Å². The highest BCUT2D eigenvalue weighted by Crippen LogP contribution is 2.31. The molecule has 0 heterocycles. The predicted molar refractivity (Wildman–Crippen MR) is 158 cm³/mol. The molecule has 4 rings (SSSR count). The summed E-state index contributed by atoms with van der Waals surface area (Å²) in [7, 11) is 1.51. The average Bonchev–Trinajstić information content (AvgIpc) is 2.96. The Morgan fingerprint density at radius 1 is 0.900 bits per heavy atom. The molecule has 0 atom stereocenters. The normalized spacial score (nSPS) is 10.9. The zero-order valence-corrected chi connectivity index (χ0v) is 23.4. The summed E-state index contributed by atoms with van der Waals surface area (Å²) in [5.41, 5.74) is 4.09. The minimum absolute atomic E-state index is 0.0663. The van der Waals surface area contributed by atoms with Crippen molar-refractivity contribution in [3.8, 4) is 23.3 Å². The highest BCUT2D eigenvalue weighted by atomic mass is 35.5. The second-order valence-corrected chi connectivity index (χ2v) is 9.70. The number of nitrogens with zero attached hydrogens (tertiary/aromatic N) is 1. The summed E-state index contributed by atoms with van der Waals surface area (Å²) < 4.78 is 17.1. The number of nitrogens with one attached hydrogen (secondary N) is 1. The maximum Gasteiger partial charge on any atom is 0.266 e. The molecule has 0 radical (unpaired) electrons. The number of methoxy groups -OCH3 is 1. The smallest absolute Gasteiger partial charge is 0.266 e. The van der Waals surface area contributed by atoms with Gasteiger partial charge in [-0.2, -0.15) is 5.26 Å². The Labute approximate surface area is 243 Å². The number of carbonyl (C=O) groups excluding carboxylic acids is 1. The van der Waals surface area contributed by atoms with E-state index in [1.165, 1.54) is 18.7 Å². The number of hydrogen-bond acceptors (Lipinski definition) is 5. The minimum Gasteiger partial charge on any atom is -0.493 e. The molecule has 4 aromatic carbocycles. The molecule has 0 bridgehead atoms. The van der Waals surface area contributed by atoms with E-state index in [0.29, 0.717) is 45.2 Å². The van der Waals surface area contributed by atoms with Gasteiger partial charge in [0.15, 0.2) is 11.5 Å². The summed E-state index contributed by atoms with van der Waals surface area (Å²) in [6.45, 7) is 2.69. The van der Waals surface area contributed by atoms with Crippen LogP contribution in [0.5, 0.6) is 17.2 Å². The van der Waals surface area contributed by atoms with E-state index in [9.17, 15) is 10.1 Å². The Hall–Kier alpha value is -4.44. The monoisotopic (exact) mass is 572 g/mol. The molecule has 6 nitrogen and oxygen atoms in total. The van der Waals surface area contributed by atoms with Crippen LogP contribution in [0.1, 0.15) is 22.3 Å². The fourth-order valence-corrected chi connectivity index (χ4v) is 4.15. The van der Waals surface area contributed by atoms with Crippen molar-refractivity contribution in [2.24, 2.45) is 0 Å². The Morgan fingerprint density at radius 3 is 2.33 bits per heavy atom. The van der Waals surface area contributed by atoms with Gasteiger partial charge in [0, 0.05) is 21.3 Å². The Balaban J connectivity index is 1.38. The van der Waals surface area contributed by atoms with E-state index in [4.69, 9.17) is 37.4 Å². The number of carbonyl (C=O) groups is 1. The van der Waals surface area contributed by atoms with Crippen molar-refractivity contribution in [1.29, 1.82) is 5.26 Å². The third-order valence-electron chi connectivity index (χ3n) is 5.90. The van der Waals surface area contributed by atoms with Gasteiger partial charge in [0.05, 0.1) is 7.11 Å². The van der Waals surface area contributed by atoms with Gasteiger partial charge in [-0.1, -0.05) is 65.2 Å². The SMILES string of the molecule is COc1cc(/C=C(\C#N)C(=O)Nc2ccc(OCc3ccc(C)cc3)cc2)ccc1OCc1ccc(Cl)cc1Cl. The van der Waals surface area contributed by atoms with Crippen molar-refractivity contribution in [2.45, 2.75) is 20.1 Å². The molecule has 0 fully saturated rings. The predicted octanol–water partition coefficient (Wildman–Crippen LogP) is 8.01. The van der Waals surface area contributed by atoms with Crippen LogP contribution in [0.2, 0.25) is 10.0 Å². The largest absolute Gasteiger partial charge is 0.493 e. The van der Waals surface area contributed by atoms with Gasteiger partial charge >= 0.3 is 0 Å².